The molecular formula is C33H34FN5O5S. The molecule has 5 heterocycles. The number of carbonyl (C=O) groups is 3. The second kappa shape index (κ2) is 13.4. The predicted octanol–water partition coefficient (Wildman–Crippen LogP) is 3.91. The number of aliphatic hydroxyl groups is 1. The Hall–Kier alpha value is -4.26. The minimum Gasteiger partial charge on any atom is -0.453 e. The molecule has 2 amide bonds. The zero-order valence-electron chi connectivity index (χ0n) is 24.9. The number of fused-ring (bicyclic) bond motifs is 1. The highest BCUT2D eigenvalue weighted by molar-refractivity contribution is 7.22. The van der Waals surface area contributed by atoms with Crippen molar-refractivity contribution in [1.29, 1.82) is 0 Å². The van der Waals surface area contributed by atoms with Crippen LogP contribution in [0.3, 0.4) is 0 Å². The Bertz CT molecular complexity index is 1710. The van der Waals surface area contributed by atoms with Gasteiger partial charge in [0.15, 0.2) is 11.6 Å². The highest BCUT2D eigenvalue weighted by Gasteiger charge is 2.30. The maximum atomic E-state index is 15.1. The summed E-state index contributed by atoms with van der Waals surface area (Å²) in [5, 5.41) is 9.07. The molecule has 234 valence electrons. The minimum atomic E-state index is -0.549. The number of rotatable bonds is 10. The fourth-order valence-electron chi connectivity index (χ4n) is 5.73. The minimum absolute atomic E-state index is 0.0195. The van der Waals surface area contributed by atoms with E-state index < -0.39 is 12.4 Å². The first kappa shape index (κ1) is 30.8. The van der Waals surface area contributed by atoms with Gasteiger partial charge in [0.25, 0.3) is 0 Å². The van der Waals surface area contributed by atoms with Gasteiger partial charge in [-0.1, -0.05) is 12.1 Å². The van der Waals surface area contributed by atoms with Crippen LogP contribution >= 0.6 is 11.3 Å². The molecule has 0 bridgehead atoms. The molecule has 12 heteroatoms. The summed E-state index contributed by atoms with van der Waals surface area (Å²) in [5.74, 6) is -0.0234. The molecule has 0 saturated carbocycles. The second-order valence-corrected chi connectivity index (χ2v) is 12.6. The molecule has 2 saturated heterocycles. The Morgan fingerprint density at radius 2 is 1.76 bits per heavy atom. The van der Waals surface area contributed by atoms with Crippen LogP contribution in [0.25, 0.3) is 20.8 Å². The number of ketones is 1. The number of piperazine rings is 1. The lowest BCUT2D eigenvalue weighted by Crippen LogP contribution is -2.49. The molecule has 0 atom stereocenters. The zero-order valence-corrected chi connectivity index (χ0v) is 25.8. The normalized spacial score (nSPS) is 15.7. The van der Waals surface area contributed by atoms with Gasteiger partial charge in [0.2, 0.25) is 11.8 Å². The number of halogens is 1. The Morgan fingerprint density at radius 1 is 0.978 bits per heavy atom. The quantitative estimate of drug-likeness (QED) is 0.280. The van der Waals surface area contributed by atoms with Gasteiger partial charge >= 0.3 is 0 Å². The van der Waals surface area contributed by atoms with Gasteiger partial charge in [-0.2, -0.15) is 0 Å². The van der Waals surface area contributed by atoms with Gasteiger partial charge in [0, 0.05) is 90.0 Å². The van der Waals surface area contributed by atoms with E-state index in [1.54, 1.807) is 34.2 Å². The van der Waals surface area contributed by atoms with Crippen LogP contribution in [-0.2, 0) is 27.3 Å². The Balaban J connectivity index is 1.07. The average Bonchev–Trinajstić information content (AvgIpc) is 3.46. The van der Waals surface area contributed by atoms with Gasteiger partial charge in [-0.25, -0.2) is 4.39 Å². The van der Waals surface area contributed by atoms with E-state index in [1.165, 1.54) is 24.3 Å². The largest absolute Gasteiger partial charge is 0.453 e. The van der Waals surface area contributed by atoms with Crippen molar-refractivity contribution in [3.8, 4) is 22.1 Å². The van der Waals surface area contributed by atoms with Crippen molar-refractivity contribution >= 4 is 39.2 Å². The molecule has 0 radical (unpaired) electrons. The Morgan fingerprint density at radius 3 is 2.44 bits per heavy atom. The molecule has 3 aromatic heterocycles. The monoisotopic (exact) mass is 631 g/mol. The standard InChI is InChI=1S/C33H34FN5O5S/c1-21(41)39-18-24(19-39)13-25(42)12-22-3-5-29(26(34)14-22)44-30-6-7-35-28-15-31(45-33(28)30)27-4-2-23(16-36-27)17-37-8-10-38(11-9-37)32(43)20-40/h2-7,14-16,24,40H,8-13,17-20H2,1H3. The maximum absolute atomic E-state index is 15.1. The highest BCUT2D eigenvalue weighted by Crippen LogP contribution is 2.39. The molecule has 2 fully saturated rings. The second-order valence-electron chi connectivity index (χ2n) is 11.6. The molecule has 1 N–H and O–H groups in total. The molecule has 10 nitrogen and oxygen atoms in total. The zero-order chi connectivity index (χ0) is 31.5. The number of benzene rings is 1. The molecule has 4 aromatic rings. The van der Waals surface area contributed by atoms with Crippen molar-refractivity contribution in [2.24, 2.45) is 5.92 Å². The van der Waals surface area contributed by atoms with Gasteiger partial charge < -0.3 is 19.6 Å². The summed E-state index contributed by atoms with van der Waals surface area (Å²) in [6.45, 7) is 5.67. The number of ether oxygens (including phenoxy) is 1. The van der Waals surface area contributed by atoms with Crippen LogP contribution in [0.2, 0.25) is 0 Å². The van der Waals surface area contributed by atoms with E-state index in [4.69, 9.17) is 9.84 Å². The van der Waals surface area contributed by atoms with E-state index in [0.717, 1.165) is 46.0 Å². The number of hydrogen-bond donors (Lipinski definition) is 1. The van der Waals surface area contributed by atoms with Crippen molar-refractivity contribution < 1.29 is 28.6 Å². The van der Waals surface area contributed by atoms with Gasteiger partial charge in [-0.05, 0) is 35.4 Å². The number of amides is 2. The van der Waals surface area contributed by atoms with Crippen molar-refractivity contribution in [2.45, 2.75) is 26.3 Å². The third-order valence-corrected chi connectivity index (χ3v) is 9.42. The summed E-state index contributed by atoms with van der Waals surface area (Å²) >= 11 is 1.47. The lowest BCUT2D eigenvalue weighted by atomic mass is 9.92. The van der Waals surface area contributed by atoms with Gasteiger partial charge in [0.1, 0.15) is 18.1 Å². The Kier molecular flexibility index (Phi) is 9.15. The number of pyridine rings is 2. The van der Waals surface area contributed by atoms with Crippen molar-refractivity contribution in [1.82, 2.24) is 24.7 Å². The molecule has 0 aliphatic carbocycles. The number of Topliss-reactive ketones (excluding diaryl/α,β-unsaturated/α-hetero) is 1. The van der Waals surface area contributed by atoms with Crippen LogP contribution in [0.5, 0.6) is 11.5 Å². The number of thiophene rings is 1. The van der Waals surface area contributed by atoms with Gasteiger partial charge in [0.05, 0.1) is 20.8 Å². The lowest BCUT2D eigenvalue weighted by Gasteiger charge is -2.38. The predicted molar refractivity (Wildman–Crippen MR) is 167 cm³/mol. The summed E-state index contributed by atoms with van der Waals surface area (Å²) in [4.78, 5) is 51.3. The molecule has 45 heavy (non-hydrogen) atoms. The molecular weight excluding hydrogens is 597 g/mol. The van der Waals surface area contributed by atoms with Crippen LogP contribution in [0.1, 0.15) is 24.5 Å². The summed E-state index contributed by atoms with van der Waals surface area (Å²) in [6, 6.07) is 12.2. The maximum Gasteiger partial charge on any atom is 0.248 e. The van der Waals surface area contributed by atoms with E-state index in [1.807, 2.05) is 24.4 Å². The van der Waals surface area contributed by atoms with E-state index >= 15 is 4.39 Å². The van der Waals surface area contributed by atoms with Crippen LogP contribution in [0.4, 0.5) is 4.39 Å². The highest BCUT2D eigenvalue weighted by atomic mass is 32.1. The number of hydrogen-bond acceptors (Lipinski definition) is 9. The molecule has 2 aliphatic heterocycles. The van der Waals surface area contributed by atoms with Gasteiger partial charge in [-0.3, -0.25) is 29.3 Å². The van der Waals surface area contributed by atoms with E-state index in [9.17, 15) is 14.4 Å². The third kappa shape index (κ3) is 7.19. The van der Waals surface area contributed by atoms with E-state index in [0.29, 0.717) is 43.9 Å². The first-order valence-electron chi connectivity index (χ1n) is 14.9. The van der Waals surface area contributed by atoms with Crippen LogP contribution in [0, 0.1) is 11.7 Å². The number of nitrogens with zero attached hydrogens (tertiary/aromatic N) is 5. The van der Waals surface area contributed by atoms with Crippen LogP contribution in [-0.4, -0.2) is 93.2 Å². The summed E-state index contributed by atoms with van der Waals surface area (Å²) in [5.41, 5.74) is 3.16. The van der Waals surface area contributed by atoms with E-state index in [2.05, 4.69) is 14.9 Å². The average molecular weight is 632 g/mol. The number of carbonyl (C=O) groups excluding carboxylic acids is 3. The molecule has 0 spiro atoms. The number of aliphatic hydroxyl groups excluding tert-OH is 1. The number of aromatic nitrogens is 2. The summed E-state index contributed by atoms with van der Waals surface area (Å²) < 4.78 is 21.8. The molecule has 1 aromatic carbocycles. The topological polar surface area (TPSA) is 116 Å². The SMILES string of the molecule is CC(=O)N1CC(CC(=O)Cc2ccc(Oc3ccnc4cc(-c5ccc(CN6CCN(C(=O)CO)CC6)cn5)sc34)c(F)c2)C1. The van der Waals surface area contributed by atoms with Crippen LogP contribution in [0.15, 0.2) is 54.9 Å². The summed E-state index contributed by atoms with van der Waals surface area (Å²) in [6.07, 6.45) is 3.99. The fraction of sp³-hybridized carbons (Fsp3) is 0.364. The fourth-order valence-corrected chi connectivity index (χ4v) is 6.77. The Labute approximate surface area is 264 Å². The third-order valence-electron chi connectivity index (χ3n) is 8.26. The summed E-state index contributed by atoms with van der Waals surface area (Å²) in [7, 11) is 0. The molecule has 6 rings (SSSR count). The first-order valence-corrected chi connectivity index (χ1v) is 15.8. The van der Waals surface area contributed by atoms with E-state index in [-0.39, 0.29) is 35.7 Å². The molecule has 0 unspecified atom stereocenters. The smallest absolute Gasteiger partial charge is 0.248 e. The molecule has 2 aliphatic rings. The lowest BCUT2D eigenvalue weighted by molar-refractivity contribution is -0.137. The number of likely N-dealkylation sites (tertiary alicyclic amines) is 1. The van der Waals surface area contributed by atoms with Gasteiger partial charge in [-0.15, -0.1) is 11.3 Å². The van der Waals surface area contributed by atoms with Crippen molar-refractivity contribution in [3.05, 3.63) is 71.8 Å². The van der Waals surface area contributed by atoms with Crippen molar-refractivity contribution in [3.63, 3.8) is 0 Å². The van der Waals surface area contributed by atoms with Crippen molar-refractivity contribution in [2.75, 3.05) is 45.9 Å². The first-order chi connectivity index (χ1) is 21.7. The van der Waals surface area contributed by atoms with Crippen LogP contribution < -0.4 is 4.74 Å².